The molecule has 3 rings (SSSR count). The Morgan fingerprint density at radius 1 is 1.26 bits per heavy atom. The summed E-state index contributed by atoms with van der Waals surface area (Å²) in [5.74, 6) is 0.912. The van der Waals surface area contributed by atoms with E-state index >= 15 is 0 Å². The van der Waals surface area contributed by atoms with Crippen LogP contribution in [0.3, 0.4) is 0 Å². The maximum Gasteiger partial charge on any atom is 0.272 e. The maximum absolute atomic E-state index is 12.8. The predicted octanol–water partition coefficient (Wildman–Crippen LogP) is 2.95. The molecule has 0 aliphatic carbocycles. The highest BCUT2D eigenvalue weighted by Crippen LogP contribution is 2.24. The summed E-state index contributed by atoms with van der Waals surface area (Å²) in [6, 6.07) is 3.80. The van der Waals surface area contributed by atoms with Gasteiger partial charge in [0.05, 0.1) is 5.54 Å². The fourth-order valence-corrected chi connectivity index (χ4v) is 3.45. The molecule has 0 radical (unpaired) electrons. The number of piperidine rings is 1. The third kappa shape index (κ3) is 4.46. The first-order valence-electron chi connectivity index (χ1n) is 9.69. The normalized spacial score (nSPS) is 18.0. The molecule has 7 nitrogen and oxygen atoms in total. The SMILES string of the molecule is CC(C)c1cc(C(=O)NC2CCCN(c3ncccn3)C2)nn1C(C)(C)C. The van der Waals surface area contributed by atoms with Gasteiger partial charge in [-0.2, -0.15) is 5.10 Å². The van der Waals surface area contributed by atoms with Gasteiger partial charge in [-0.1, -0.05) is 13.8 Å². The number of hydrogen-bond acceptors (Lipinski definition) is 5. The third-order valence-corrected chi connectivity index (χ3v) is 4.79. The molecule has 146 valence electrons. The number of carbonyl (C=O) groups is 1. The van der Waals surface area contributed by atoms with Gasteiger partial charge < -0.3 is 10.2 Å². The van der Waals surface area contributed by atoms with Crippen LogP contribution in [0.4, 0.5) is 5.95 Å². The topological polar surface area (TPSA) is 75.9 Å². The van der Waals surface area contributed by atoms with E-state index in [0.29, 0.717) is 18.2 Å². The average Bonchev–Trinajstić information content (AvgIpc) is 3.09. The van der Waals surface area contributed by atoms with Crippen LogP contribution in [0.15, 0.2) is 24.5 Å². The third-order valence-electron chi connectivity index (χ3n) is 4.79. The summed E-state index contributed by atoms with van der Waals surface area (Å²) in [5, 5.41) is 7.77. The first-order valence-corrected chi connectivity index (χ1v) is 9.69. The lowest BCUT2D eigenvalue weighted by Crippen LogP contribution is -2.48. The lowest BCUT2D eigenvalue weighted by molar-refractivity contribution is 0.0926. The smallest absolute Gasteiger partial charge is 0.272 e. The summed E-state index contributed by atoms with van der Waals surface area (Å²) in [6.07, 6.45) is 5.44. The maximum atomic E-state index is 12.8. The number of hydrogen-bond donors (Lipinski definition) is 1. The Morgan fingerprint density at radius 2 is 1.96 bits per heavy atom. The molecule has 3 heterocycles. The molecule has 1 N–H and O–H groups in total. The summed E-state index contributed by atoms with van der Waals surface area (Å²) in [6.45, 7) is 12.2. The Labute approximate surface area is 161 Å². The number of rotatable bonds is 4. The molecule has 1 unspecified atom stereocenters. The second-order valence-electron chi connectivity index (χ2n) is 8.50. The molecule has 1 saturated heterocycles. The second kappa shape index (κ2) is 7.66. The molecule has 1 fully saturated rings. The molecule has 27 heavy (non-hydrogen) atoms. The van der Waals surface area contributed by atoms with Gasteiger partial charge in [-0.25, -0.2) is 9.97 Å². The summed E-state index contributed by atoms with van der Waals surface area (Å²) in [4.78, 5) is 23.6. The number of carbonyl (C=O) groups excluding carboxylic acids is 1. The van der Waals surface area contributed by atoms with Crippen LogP contribution in [-0.2, 0) is 5.54 Å². The van der Waals surface area contributed by atoms with Gasteiger partial charge in [0.15, 0.2) is 0 Å². The van der Waals surface area contributed by atoms with Crippen LogP contribution in [0.1, 0.15) is 69.6 Å². The Morgan fingerprint density at radius 3 is 2.56 bits per heavy atom. The Balaban J connectivity index is 1.72. The highest BCUT2D eigenvalue weighted by Gasteiger charge is 2.27. The number of amides is 1. The number of anilines is 1. The molecule has 1 aliphatic rings. The summed E-state index contributed by atoms with van der Waals surface area (Å²) in [7, 11) is 0. The second-order valence-corrected chi connectivity index (χ2v) is 8.50. The highest BCUT2D eigenvalue weighted by atomic mass is 16.2. The molecule has 1 amide bonds. The van der Waals surface area contributed by atoms with E-state index in [1.165, 1.54) is 0 Å². The van der Waals surface area contributed by atoms with Gasteiger partial charge in [0.25, 0.3) is 5.91 Å². The van der Waals surface area contributed by atoms with Crippen LogP contribution >= 0.6 is 0 Å². The van der Waals surface area contributed by atoms with E-state index in [0.717, 1.165) is 31.0 Å². The van der Waals surface area contributed by atoms with Crippen molar-refractivity contribution in [3.63, 3.8) is 0 Å². The van der Waals surface area contributed by atoms with Crippen molar-refractivity contribution in [3.05, 3.63) is 35.9 Å². The quantitative estimate of drug-likeness (QED) is 0.895. The van der Waals surface area contributed by atoms with Crippen molar-refractivity contribution in [2.24, 2.45) is 0 Å². The van der Waals surface area contributed by atoms with Gasteiger partial charge in [0.1, 0.15) is 5.69 Å². The molecular weight excluding hydrogens is 340 g/mol. The summed E-state index contributed by atoms with van der Waals surface area (Å²) >= 11 is 0. The molecular formula is C20H30N6O. The number of nitrogens with one attached hydrogen (secondary N) is 1. The predicted molar refractivity (Wildman–Crippen MR) is 106 cm³/mol. The minimum absolute atomic E-state index is 0.0670. The van der Waals surface area contributed by atoms with Crippen molar-refractivity contribution >= 4 is 11.9 Å². The van der Waals surface area contributed by atoms with Crippen LogP contribution in [0.25, 0.3) is 0 Å². The lowest BCUT2D eigenvalue weighted by atomic mass is 10.0. The molecule has 1 aliphatic heterocycles. The van der Waals surface area contributed by atoms with Crippen molar-refractivity contribution in [2.75, 3.05) is 18.0 Å². The molecule has 2 aromatic heterocycles. The lowest BCUT2D eigenvalue weighted by Gasteiger charge is -2.32. The van der Waals surface area contributed by atoms with Crippen molar-refractivity contribution in [3.8, 4) is 0 Å². The number of nitrogens with zero attached hydrogens (tertiary/aromatic N) is 5. The van der Waals surface area contributed by atoms with E-state index < -0.39 is 0 Å². The molecule has 0 saturated carbocycles. The summed E-state index contributed by atoms with van der Waals surface area (Å²) in [5.41, 5.74) is 1.40. The zero-order chi connectivity index (χ0) is 19.6. The summed E-state index contributed by atoms with van der Waals surface area (Å²) < 4.78 is 1.97. The zero-order valence-corrected chi connectivity index (χ0v) is 16.9. The Kier molecular flexibility index (Phi) is 5.48. The van der Waals surface area contributed by atoms with Gasteiger partial charge in [-0.05, 0) is 51.7 Å². The van der Waals surface area contributed by atoms with Crippen molar-refractivity contribution in [1.29, 1.82) is 0 Å². The Bertz CT molecular complexity index is 778. The standard InChI is InChI=1S/C20H30N6O/c1-14(2)17-12-16(24-26(17)20(3,4)5)18(27)23-15-8-6-11-25(13-15)19-21-9-7-10-22-19/h7,9-10,12,14-15H,6,8,11,13H2,1-5H3,(H,23,27). The van der Waals surface area contributed by atoms with Crippen LogP contribution in [0.2, 0.25) is 0 Å². The van der Waals surface area contributed by atoms with E-state index in [9.17, 15) is 4.79 Å². The molecule has 2 aromatic rings. The fraction of sp³-hybridized carbons (Fsp3) is 0.600. The largest absolute Gasteiger partial charge is 0.346 e. The molecule has 1 atom stereocenters. The van der Waals surface area contributed by atoms with Gasteiger partial charge in [-0.15, -0.1) is 0 Å². The zero-order valence-electron chi connectivity index (χ0n) is 16.9. The fourth-order valence-electron chi connectivity index (χ4n) is 3.45. The van der Waals surface area contributed by atoms with Gasteiger partial charge in [-0.3, -0.25) is 9.48 Å². The number of aromatic nitrogens is 4. The first kappa shape index (κ1) is 19.3. The van der Waals surface area contributed by atoms with Crippen LogP contribution in [0, 0.1) is 0 Å². The van der Waals surface area contributed by atoms with Gasteiger partial charge in [0, 0.05) is 37.2 Å². The van der Waals surface area contributed by atoms with Gasteiger partial charge >= 0.3 is 0 Å². The molecule has 7 heteroatoms. The van der Waals surface area contributed by atoms with Crippen LogP contribution in [-0.4, -0.2) is 44.8 Å². The average molecular weight is 371 g/mol. The van der Waals surface area contributed by atoms with Crippen molar-refractivity contribution in [2.45, 2.75) is 65.0 Å². The minimum Gasteiger partial charge on any atom is -0.346 e. The highest BCUT2D eigenvalue weighted by molar-refractivity contribution is 5.92. The minimum atomic E-state index is -0.162. The molecule has 0 spiro atoms. The van der Waals surface area contributed by atoms with Crippen molar-refractivity contribution < 1.29 is 4.79 Å². The van der Waals surface area contributed by atoms with E-state index in [1.54, 1.807) is 12.4 Å². The van der Waals surface area contributed by atoms with E-state index in [4.69, 9.17) is 0 Å². The monoisotopic (exact) mass is 370 g/mol. The van der Waals surface area contributed by atoms with E-state index in [1.807, 2.05) is 16.8 Å². The molecule has 0 bridgehead atoms. The van der Waals surface area contributed by atoms with Crippen molar-refractivity contribution in [1.82, 2.24) is 25.1 Å². The van der Waals surface area contributed by atoms with Gasteiger partial charge in [0.2, 0.25) is 5.95 Å². The Hall–Kier alpha value is -2.44. The first-order chi connectivity index (χ1) is 12.8. The van der Waals surface area contributed by atoms with E-state index in [-0.39, 0.29) is 17.5 Å². The molecule has 0 aromatic carbocycles. The van der Waals surface area contributed by atoms with Crippen LogP contribution in [0.5, 0.6) is 0 Å². The van der Waals surface area contributed by atoms with Crippen LogP contribution < -0.4 is 10.2 Å². The van der Waals surface area contributed by atoms with E-state index in [2.05, 4.69) is 59.9 Å².